The number of likely N-dealkylation sites (tertiary alicyclic amines) is 1. The quantitative estimate of drug-likeness (QED) is 0.832. The summed E-state index contributed by atoms with van der Waals surface area (Å²) in [6.07, 6.45) is -1.33. The summed E-state index contributed by atoms with van der Waals surface area (Å²) in [5, 5.41) is 11.1. The molecule has 1 atom stereocenters. The van der Waals surface area contributed by atoms with Crippen LogP contribution >= 0.6 is 0 Å². The number of piperidine rings is 1. The van der Waals surface area contributed by atoms with Gasteiger partial charge in [-0.3, -0.25) is 4.79 Å². The Morgan fingerprint density at radius 2 is 2.04 bits per heavy atom. The summed E-state index contributed by atoms with van der Waals surface area (Å²) >= 11 is 0. The fourth-order valence-corrected chi connectivity index (χ4v) is 3.04. The maximum absolute atomic E-state index is 13.7. The van der Waals surface area contributed by atoms with Crippen LogP contribution in [0.4, 0.5) is 13.2 Å². The highest BCUT2D eigenvalue weighted by molar-refractivity contribution is 5.95. The Kier molecular flexibility index (Phi) is 4.84. The van der Waals surface area contributed by atoms with Crippen molar-refractivity contribution in [3.8, 4) is 11.7 Å². The lowest BCUT2D eigenvalue weighted by atomic mass is 10.0. The number of methoxy groups -OCH3 is 1. The zero-order valence-corrected chi connectivity index (χ0v) is 14.3. The van der Waals surface area contributed by atoms with E-state index in [1.165, 1.54) is 24.1 Å². The minimum absolute atomic E-state index is 0.110. The average Bonchev–Trinajstić information content (AvgIpc) is 3.07. The Morgan fingerprint density at radius 1 is 1.27 bits per heavy atom. The van der Waals surface area contributed by atoms with Crippen molar-refractivity contribution < 1.29 is 22.7 Å². The second kappa shape index (κ2) is 6.93. The van der Waals surface area contributed by atoms with Crippen molar-refractivity contribution in [1.82, 2.24) is 24.9 Å². The van der Waals surface area contributed by atoms with Gasteiger partial charge in [-0.25, -0.2) is 4.68 Å². The van der Waals surface area contributed by atoms with Crippen LogP contribution in [0.1, 0.15) is 42.2 Å². The molecule has 3 rings (SSSR count). The summed E-state index contributed by atoms with van der Waals surface area (Å²) in [7, 11) is 1.37. The van der Waals surface area contributed by atoms with Gasteiger partial charge in [0.2, 0.25) is 5.88 Å². The highest BCUT2D eigenvalue weighted by Crippen LogP contribution is 2.34. The van der Waals surface area contributed by atoms with Crippen LogP contribution in [0.3, 0.4) is 0 Å². The third-order valence-electron chi connectivity index (χ3n) is 4.38. The Bertz CT molecular complexity index is 788. The lowest BCUT2D eigenvalue weighted by molar-refractivity contribution is -0.143. The number of aromatic nitrogens is 4. The normalized spacial score (nSPS) is 18.0. The van der Waals surface area contributed by atoms with Gasteiger partial charge < -0.3 is 9.64 Å². The molecular formula is C16H18F3N5O2. The standard InChI is InChI=1S/C16H18F3N5O2/c1-10-5-3-4-8-23(10)15(25)11-9-20-24(14(11)16(17,18)19)12-6-7-13(26-2)22-21-12/h6-7,9-10H,3-5,8H2,1-2H3. The van der Waals surface area contributed by atoms with Gasteiger partial charge in [0.15, 0.2) is 11.5 Å². The second-order valence-corrected chi connectivity index (χ2v) is 6.09. The first-order valence-corrected chi connectivity index (χ1v) is 8.17. The highest BCUT2D eigenvalue weighted by atomic mass is 19.4. The van der Waals surface area contributed by atoms with E-state index in [2.05, 4.69) is 15.3 Å². The number of rotatable bonds is 3. The molecule has 0 N–H and O–H groups in total. The predicted molar refractivity (Wildman–Crippen MR) is 85.1 cm³/mol. The van der Waals surface area contributed by atoms with E-state index in [1.807, 2.05) is 6.92 Å². The van der Waals surface area contributed by atoms with Crippen molar-refractivity contribution in [3.63, 3.8) is 0 Å². The molecule has 0 bridgehead atoms. The highest BCUT2D eigenvalue weighted by Gasteiger charge is 2.42. The first kappa shape index (κ1) is 18.2. The third kappa shape index (κ3) is 3.35. The number of nitrogens with zero attached hydrogens (tertiary/aromatic N) is 5. The van der Waals surface area contributed by atoms with E-state index in [-0.39, 0.29) is 17.7 Å². The number of halogens is 3. The smallest absolute Gasteiger partial charge is 0.434 e. The molecule has 1 aliphatic heterocycles. The van der Waals surface area contributed by atoms with Gasteiger partial charge in [-0.1, -0.05) is 0 Å². The molecule has 1 amide bonds. The Balaban J connectivity index is 2.03. The fraction of sp³-hybridized carbons (Fsp3) is 0.500. The molecular weight excluding hydrogens is 351 g/mol. The zero-order valence-electron chi connectivity index (χ0n) is 14.3. The van der Waals surface area contributed by atoms with Crippen LogP contribution in [-0.2, 0) is 6.18 Å². The summed E-state index contributed by atoms with van der Waals surface area (Å²) in [5.41, 5.74) is -1.64. The van der Waals surface area contributed by atoms with E-state index < -0.39 is 23.3 Å². The molecule has 1 saturated heterocycles. The first-order chi connectivity index (χ1) is 12.3. The lowest BCUT2D eigenvalue weighted by Crippen LogP contribution is -2.42. The summed E-state index contributed by atoms with van der Waals surface area (Å²) in [4.78, 5) is 14.2. The number of amides is 1. The van der Waals surface area contributed by atoms with Crippen LogP contribution in [0.15, 0.2) is 18.3 Å². The van der Waals surface area contributed by atoms with Crippen molar-refractivity contribution in [2.45, 2.75) is 38.4 Å². The lowest BCUT2D eigenvalue weighted by Gasteiger charge is -2.33. The second-order valence-electron chi connectivity index (χ2n) is 6.09. The molecule has 1 aliphatic rings. The largest absolute Gasteiger partial charge is 0.480 e. The fourth-order valence-electron chi connectivity index (χ4n) is 3.04. The van der Waals surface area contributed by atoms with Crippen LogP contribution in [0.5, 0.6) is 5.88 Å². The van der Waals surface area contributed by atoms with Gasteiger partial charge in [0, 0.05) is 18.7 Å². The summed E-state index contributed by atoms with van der Waals surface area (Å²) in [6.45, 7) is 2.27. The van der Waals surface area contributed by atoms with Gasteiger partial charge in [-0.05, 0) is 32.3 Å². The third-order valence-corrected chi connectivity index (χ3v) is 4.38. The molecule has 2 aromatic rings. The Hall–Kier alpha value is -2.65. The SMILES string of the molecule is COc1ccc(-n2ncc(C(=O)N3CCCCC3C)c2C(F)(F)F)nn1. The minimum Gasteiger partial charge on any atom is -0.480 e. The van der Waals surface area contributed by atoms with Crippen molar-refractivity contribution >= 4 is 5.91 Å². The van der Waals surface area contributed by atoms with Crippen molar-refractivity contribution in [3.05, 3.63) is 29.6 Å². The number of alkyl halides is 3. The number of hydrogen-bond acceptors (Lipinski definition) is 5. The molecule has 10 heteroatoms. The average molecular weight is 369 g/mol. The van der Waals surface area contributed by atoms with Crippen molar-refractivity contribution in [2.24, 2.45) is 0 Å². The van der Waals surface area contributed by atoms with E-state index >= 15 is 0 Å². The van der Waals surface area contributed by atoms with Crippen LogP contribution in [0, 0.1) is 0 Å². The molecule has 1 unspecified atom stereocenters. The van der Waals surface area contributed by atoms with Gasteiger partial charge in [0.1, 0.15) is 0 Å². The van der Waals surface area contributed by atoms with E-state index in [9.17, 15) is 18.0 Å². The van der Waals surface area contributed by atoms with E-state index in [1.54, 1.807) is 0 Å². The monoisotopic (exact) mass is 369 g/mol. The minimum atomic E-state index is -4.78. The predicted octanol–water partition coefficient (Wildman–Crippen LogP) is 2.70. The number of ether oxygens (including phenoxy) is 1. The number of hydrogen-bond donors (Lipinski definition) is 0. The molecule has 1 fully saturated rings. The van der Waals surface area contributed by atoms with Gasteiger partial charge in [0.05, 0.1) is 18.9 Å². The first-order valence-electron chi connectivity index (χ1n) is 8.17. The van der Waals surface area contributed by atoms with Gasteiger partial charge in [0.25, 0.3) is 5.91 Å². The molecule has 140 valence electrons. The molecule has 0 saturated carbocycles. The van der Waals surface area contributed by atoms with E-state index in [0.29, 0.717) is 11.2 Å². The van der Waals surface area contributed by atoms with E-state index in [4.69, 9.17) is 4.74 Å². The van der Waals surface area contributed by atoms with Crippen LogP contribution in [-0.4, -0.2) is 50.5 Å². The molecule has 0 aliphatic carbocycles. The van der Waals surface area contributed by atoms with Crippen LogP contribution < -0.4 is 4.74 Å². The van der Waals surface area contributed by atoms with Gasteiger partial charge >= 0.3 is 6.18 Å². The molecule has 0 spiro atoms. The topological polar surface area (TPSA) is 73.1 Å². The molecule has 3 heterocycles. The Labute approximate surface area is 147 Å². The van der Waals surface area contributed by atoms with Crippen LogP contribution in [0.2, 0.25) is 0 Å². The maximum Gasteiger partial charge on any atom is 0.434 e. The zero-order chi connectivity index (χ0) is 18.9. The van der Waals surface area contributed by atoms with Gasteiger partial charge in [-0.15, -0.1) is 10.2 Å². The molecule has 2 aromatic heterocycles. The number of carbonyl (C=O) groups excluding carboxylic acids is 1. The molecule has 7 nitrogen and oxygen atoms in total. The van der Waals surface area contributed by atoms with Crippen molar-refractivity contribution in [2.75, 3.05) is 13.7 Å². The molecule has 0 aromatic carbocycles. The van der Waals surface area contributed by atoms with Crippen molar-refractivity contribution in [1.29, 1.82) is 0 Å². The summed E-state index contributed by atoms with van der Waals surface area (Å²) in [6, 6.07) is 2.56. The van der Waals surface area contributed by atoms with E-state index in [0.717, 1.165) is 25.5 Å². The molecule has 0 radical (unpaired) electrons. The Morgan fingerprint density at radius 3 is 2.62 bits per heavy atom. The summed E-state index contributed by atoms with van der Waals surface area (Å²) < 4.78 is 46.5. The van der Waals surface area contributed by atoms with Gasteiger partial charge in [-0.2, -0.15) is 18.3 Å². The number of carbonyl (C=O) groups is 1. The summed E-state index contributed by atoms with van der Waals surface area (Å²) in [5.74, 6) is -0.658. The van der Waals surface area contributed by atoms with Crippen LogP contribution in [0.25, 0.3) is 5.82 Å². The maximum atomic E-state index is 13.7. The molecule has 26 heavy (non-hydrogen) atoms.